The number of halogens is 2. The average Bonchev–Trinajstić information content (AvgIpc) is 3.19. The number of furan rings is 1. The van der Waals surface area contributed by atoms with E-state index in [4.69, 9.17) is 15.1 Å². The minimum Gasteiger partial charge on any atom is -0.464 e. The van der Waals surface area contributed by atoms with Crippen molar-refractivity contribution in [2.45, 2.75) is 12.2 Å². The van der Waals surface area contributed by atoms with Crippen LogP contribution in [0.1, 0.15) is 11.1 Å². The van der Waals surface area contributed by atoms with Gasteiger partial charge in [-0.25, -0.2) is 4.99 Å². The number of benzene rings is 2. The molecule has 1 aromatic heterocycles. The van der Waals surface area contributed by atoms with Gasteiger partial charge in [0.1, 0.15) is 16.9 Å². The number of aliphatic imine (C=N–C) groups is 1. The molecular weight excluding hydrogens is 340 g/mol. The van der Waals surface area contributed by atoms with Gasteiger partial charge in [-0.1, -0.05) is 24.3 Å². The molecule has 4 rings (SSSR count). The molecule has 0 saturated carbocycles. The Bertz CT molecular complexity index is 968. The van der Waals surface area contributed by atoms with Gasteiger partial charge in [0.2, 0.25) is 0 Å². The molecule has 0 amide bonds. The minimum absolute atomic E-state index is 0.101. The monoisotopic (exact) mass is 357 g/mol. The van der Waals surface area contributed by atoms with Crippen LogP contribution in [0.25, 0.3) is 11.0 Å². The van der Waals surface area contributed by atoms with Crippen LogP contribution in [0.5, 0.6) is 5.75 Å². The molecule has 1 aliphatic heterocycles. The molecule has 1 unspecified atom stereocenters. The lowest BCUT2D eigenvalue weighted by Crippen LogP contribution is -2.34. The third-order valence-electron chi connectivity index (χ3n) is 4.65. The van der Waals surface area contributed by atoms with Gasteiger partial charge < -0.3 is 19.8 Å². The fraction of sp³-hybridized carbons (Fsp3) is 0.211. The van der Waals surface area contributed by atoms with Gasteiger partial charge in [-0.05, 0) is 35.4 Å². The Kier molecular flexibility index (Phi) is 3.79. The Morgan fingerprint density at radius 3 is 2.54 bits per heavy atom. The zero-order valence-corrected chi connectivity index (χ0v) is 14.0. The first-order chi connectivity index (χ1) is 12.5. The first kappa shape index (κ1) is 16.4. The lowest BCUT2D eigenvalue weighted by molar-refractivity contribution is -0.0498. The number of nitrogens with two attached hydrogens (primary N) is 1. The number of hydrogen-bond donors (Lipinski definition) is 1. The van der Waals surface area contributed by atoms with Crippen molar-refractivity contribution < 1.29 is 17.9 Å². The second-order valence-corrected chi connectivity index (χ2v) is 6.26. The molecule has 0 bridgehead atoms. The summed E-state index contributed by atoms with van der Waals surface area (Å²) in [5, 5.41) is 0.993. The molecule has 5 nitrogen and oxygen atoms in total. The highest BCUT2D eigenvalue weighted by Gasteiger charge is 2.41. The van der Waals surface area contributed by atoms with Crippen molar-refractivity contribution in [3.8, 4) is 5.75 Å². The van der Waals surface area contributed by atoms with Crippen LogP contribution in [0.2, 0.25) is 0 Å². The second-order valence-electron chi connectivity index (χ2n) is 6.26. The Balaban J connectivity index is 1.82. The van der Waals surface area contributed by atoms with Gasteiger partial charge in [0.15, 0.2) is 5.96 Å². The molecule has 0 saturated heterocycles. The summed E-state index contributed by atoms with van der Waals surface area (Å²) in [4.78, 5) is 6.57. The van der Waals surface area contributed by atoms with Crippen LogP contribution in [-0.4, -0.2) is 31.1 Å². The minimum atomic E-state index is -2.86. The maximum atomic E-state index is 12.4. The molecule has 0 aliphatic carbocycles. The van der Waals surface area contributed by atoms with Crippen LogP contribution >= 0.6 is 0 Å². The van der Waals surface area contributed by atoms with Gasteiger partial charge in [-0.15, -0.1) is 0 Å². The number of likely N-dealkylation sites (N-methyl/N-ethyl adjacent to an activating group) is 1. The van der Waals surface area contributed by atoms with Gasteiger partial charge in [-0.3, -0.25) is 0 Å². The summed E-state index contributed by atoms with van der Waals surface area (Å²) >= 11 is 0. The third-order valence-corrected chi connectivity index (χ3v) is 4.65. The summed E-state index contributed by atoms with van der Waals surface area (Å²) in [5.74, 6) is 0.515. The van der Waals surface area contributed by atoms with Crippen LogP contribution < -0.4 is 10.5 Å². The standard InChI is InChI=1S/C19H17F2N3O2/c1-24-11-19(23-18(24)22,13-4-6-15(7-5-13)26-17(20)21)14-3-2-12-8-9-25-16(12)10-14/h2-10,17H,11H2,1H3,(H2,22,23). The molecule has 1 aliphatic rings. The van der Waals surface area contributed by atoms with Gasteiger partial charge in [0, 0.05) is 12.4 Å². The van der Waals surface area contributed by atoms with Crippen molar-refractivity contribution in [2.75, 3.05) is 13.6 Å². The van der Waals surface area contributed by atoms with Crippen LogP contribution in [0.4, 0.5) is 8.78 Å². The topological polar surface area (TPSA) is 64.0 Å². The highest BCUT2D eigenvalue weighted by molar-refractivity contribution is 5.83. The molecule has 26 heavy (non-hydrogen) atoms. The Morgan fingerprint density at radius 1 is 1.15 bits per heavy atom. The first-order valence-corrected chi connectivity index (χ1v) is 8.07. The summed E-state index contributed by atoms with van der Waals surface area (Å²) in [5.41, 5.74) is 7.79. The predicted octanol–water partition coefficient (Wildman–Crippen LogP) is 3.54. The fourth-order valence-corrected chi connectivity index (χ4v) is 3.34. The van der Waals surface area contributed by atoms with E-state index in [0.717, 1.165) is 22.1 Å². The van der Waals surface area contributed by atoms with Crippen molar-refractivity contribution in [3.05, 3.63) is 65.9 Å². The fourth-order valence-electron chi connectivity index (χ4n) is 3.34. The van der Waals surface area contributed by atoms with E-state index in [1.807, 2.05) is 36.2 Å². The smallest absolute Gasteiger partial charge is 0.387 e. The number of alkyl halides is 2. The van der Waals surface area contributed by atoms with E-state index in [1.54, 1.807) is 18.4 Å². The molecule has 0 spiro atoms. The molecule has 0 radical (unpaired) electrons. The second kappa shape index (κ2) is 6.01. The van der Waals surface area contributed by atoms with Crippen LogP contribution in [0, 0.1) is 0 Å². The number of hydrogen-bond acceptors (Lipinski definition) is 5. The summed E-state index contributed by atoms with van der Waals surface area (Å²) in [7, 11) is 1.86. The predicted molar refractivity (Wildman–Crippen MR) is 94.3 cm³/mol. The van der Waals surface area contributed by atoms with Gasteiger partial charge >= 0.3 is 6.61 Å². The van der Waals surface area contributed by atoms with Crippen molar-refractivity contribution in [3.63, 3.8) is 0 Å². The molecule has 0 fully saturated rings. The number of rotatable bonds is 4. The number of nitrogens with zero attached hydrogens (tertiary/aromatic N) is 2. The molecule has 1 atom stereocenters. The normalized spacial score (nSPS) is 20.0. The first-order valence-electron chi connectivity index (χ1n) is 8.07. The third kappa shape index (κ3) is 2.65. The summed E-state index contributed by atoms with van der Waals surface area (Å²) in [6.45, 7) is -2.33. The number of guanidine groups is 1. The van der Waals surface area contributed by atoms with Crippen LogP contribution in [-0.2, 0) is 5.54 Å². The van der Waals surface area contributed by atoms with E-state index in [0.29, 0.717) is 12.5 Å². The maximum Gasteiger partial charge on any atom is 0.387 e. The molecule has 134 valence electrons. The number of fused-ring (bicyclic) bond motifs is 1. The lowest BCUT2D eigenvalue weighted by atomic mass is 9.83. The zero-order chi connectivity index (χ0) is 18.3. The molecule has 3 aromatic rings. The van der Waals surface area contributed by atoms with Crippen molar-refractivity contribution in [1.29, 1.82) is 0 Å². The van der Waals surface area contributed by atoms with E-state index < -0.39 is 12.2 Å². The highest BCUT2D eigenvalue weighted by Crippen LogP contribution is 2.39. The molecule has 2 N–H and O–H groups in total. The van der Waals surface area contributed by atoms with Crippen LogP contribution in [0.3, 0.4) is 0 Å². The quantitative estimate of drug-likeness (QED) is 0.776. The van der Waals surface area contributed by atoms with Gasteiger partial charge in [0.05, 0.1) is 12.8 Å². The molecule has 2 aromatic carbocycles. The van der Waals surface area contributed by atoms with E-state index in [2.05, 4.69) is 4.74 Å². The van der Waals surface area contributed by atoms with Crippen molar-refractivity contribution >= 4 is 16.9 Å². The average molecular weight is 357 g/mol. The SMILES string of the molecule is CN1CC(c2ccc(OC(F)F)cc2)(c2ccc3ccoc3c2)N=C1N. The summed E-state index contributed by atoms with van der Waals surface area (Å²) in [6, 6.07) is 14.3. The Hall–Kier alpha value is -3.09. The molecular formula is C19H17F2N3O2. The van der Waals surface area contributed by atoms with Gasteiger partial charge in [0.25, 0.3) is 0 Å². The lowest BCUT2D eigenvalue weighted by Gasteiger charge is -2.28. The summed E-state index contributed by atoms with van der Waals surface area (Å²) < 4.78 is 34.8. The van der Waals surface area contributed by atoms with E-state index >= 15 is 0 Å². The maximum absolute atomic E-state index is 12.4. The zero-order valence-electron chi connectivity index (χ0n) is 14.0. The van der Waals surface area contributed by atoms with Crippen molar-refractivity contribution in [1.82, 2.24) is 4.90 Å². The van der Waals surface area contributed by atoms with E-state index in [9.17, 15) is 8.78 Å². The van der Waals surface area contributed by atoms with E-state index in [1.165, 1.54) is 12.1 Å². The summed E-state index contributed by atoms with van der Waals surface area (Å²) in [6.07, 6.45) is 1.63. The van der Waals surface area contributed by atoms with Gasteiger partial charge in [-0.2, -0.15) is 8.78 Å². The number of ether oxygens (including phenoxy) is 1. The largest absolute Gasteiger partial charge is 0.464 e. The molecule has 7 heteroatoms. The Labute approximate surface area is 148 Å². The van der Waals surface area contributed by atoms with Crippen molar-refractivity contribution in [2.24, 2.45) is 10.7 Å². The highest BCUT2D eigenvalue weighted by atomic mass is 19.3. The Morgan fingerprint density at radius 2 is 1.88 bits per heavy atom. The van der Waals surface area contributed by atoms with E-state index in [-0.39, 0.29) is 5.75 Å². The van der Waals surface area contributed by atoms with Crippen LogP contribution in [0.15, 0.2) is 64.2 Å². The molecule has 2 heterocycles.